The van der Waals surface area contributed by atoms with E-state index in [0.29, 0.717) is 30.2 Å². The molecule has 1 aliphatic heterocycles. The van der Waals surface area contributed by atoms with Crippen molar-refractivity contribution in [2.45, 2.75) is 45.3 Å². The average Bonchev–Trinajstić information content (AvgIpc) is 3.28. The van der Waals surface area contributed by atoms with Crippen molar-refractivity contribution in [1.29, 1.82) is 0 Å². The Morgan fingerprint density at radius 3 is 2.64 bits per heavy atom. The molecule has 2 aromatic heterocycles. The number of aromatic nitrogens is 3. The van der Waals surface area contributed by atoms with Crippen LogP contribution in [-0.4, -0.2) is 49.6 Å². The summed E-state index contributed by atoms with van der Waals surface area (Å²) in [6, 6.07) is 0.942. The summed E-state index contributed by atoms with van der Waals surface area (Å²) >= 11 is 1.49. The Labute approximate surface area is 163 Å². The number of carbonyl (C=O) groups is 1. The number of hydrogen-bond donors (Lipinski definition) is 1. The number of amides is 1. The van der Waals surface area contributed by atoms with Crippen molar-refractivity contribution in [2.75, 3.05) is 13.1 Å². The number of nitrogens with zero attached hydrogens (tertiary/aromatic N) is 5. The van der Waals surface area contributed by atoms with Gasteiger partial charge in [-0.25, -0.2) is 4.98 Å². The van der Waals surface area contributed by atoms with Gasteiger partial charge in [-0.2, -0.15) is 18.3 Å². The molecule has 0 atom stereocenters. The topological polar surface area (TPSA) is 83.6 Å². The van der Waals surface area contributed by atoms with E-state index in [4.69, 9.17) is 5.21 Å². The van der Waals surface area contributed by atoms with Gasteiger partial charge >= 0.3 is 6.18 Å². The summed E-state index contributed by atoms with van der Waals surface area (Å²) in [5.74, 6) is -0.0426. The van der Waals surface area contributed by atoms with Crippen LogP contribution in [0.1, 0.15) is 47.8 Å². The van der Waals surface area contributed by atoms with Crippen LogP contribution in [0, 0.1) is 6.92 Å². The Morgan fingerprint density at radius 1 is 1.39 bits per heavy atom. The predicted octanol–water partition coefficient (Wildman–Crippen LogP) is 3.27. The smallest absolute Gasteiger partial charge is 0.411 e. The molecule has 28 heavy (non-hydrogen) atoms. The van der Waals surface area contributed by atoms with E-state index in [-0.39, 0.29) is 18.4 Å². The first-order valence-corrected chi connectivity index (χ1v) is 9.61. The summed E-state index contributed by atoms with van der Waals surface area (Å²) in [4.78, 5) is 18.6. The third kappa shape index (κ3) is 4.34. The van der Waals surface area contributed by atoms with Gasteiger partial charge in [0.25, 0.3) is 0 Å². The van der Waals surface area contributed by atoms with Gasteiger partial charge in [-0.1, -0.05) is 5.16 Å². The number of halogens is 3. The maximum Gasteiger partial charge on any atom is 0.435 e. The van der Waals surface area contributed by atoms with E-state index in [1.54, 1.807) is 11.8 Å². The molecule has 0 bridgehead atoms. The van der Waals surface area contributed by atoms with Crippen molar-refractivity contribution in [1.82, 2.24) is 19.7 Å². The number of oxime groups is 1. The fraction of sp³-hybridized carbons (Fsp3) is 0.529. The highest BCUT2D eigenvalue weighted by Crippen LogP contribution is 2.31. The lowest BCUT2D eigenvalue weighted by atomic mass is 9.97. The van der Waals surface area contributed by atoms with E-state index in [2.05, 4.69) is 15.2 Å². The summed E-state index contributed by atoms with van der Waals surface area (Å²) in [5.41, 5.74) is 0.392. The highest BCUT2D eigenvalue weighted by molar-refractivity contribution is 7.09. The first-order valence-electron chi connectivity index (χ1n) is 8.73. The number of hydrogen-bond acceptors (Lipinski definition) is 6. The molecule has 3 heterocycles. The van der Waals surface area contributed by atoms with Gasteiger partial charge in [0, 0.05) is 30.1 Å². The highest BCUT2D eigenvalue weighted by Gasteiger charge is 2.35. The molecule has 1 aliphatic rings. The Kier molecular flexibility index (Phi) is 5.73. The van der Waals surface area contributed by atoms with E-state index < -0.39 is 11.9 Å². The van der Waals surface area contributed by atoms with Crippen molar-refractivity contribution >= 4 is 23.0 Å². The van der Waals surface area contributed by atoms with Gasteiger partial charge in [0.15, 0.2) is 5.69 Å². The van der Waals surface area contributed by atoms with Gasteiger partial charge in [-0.3, -0.25) is 9.48 Å². The number of piperidine rings is 1. The van der Waals surface area contributed by atoms with Gasteiger partial charge in [-0.05, 0) is 32.8 Å². The van der Waals surface area contributed by atoms with Gasteiger partial charge < -0.3 is 10.1 Å². The third-order valence-corrected chi connectivity index (χ3v) is 5.80. The Bertz CT molecular complexity index is 882. The molecular formula is C17H20F3N5O2S. The maximum absolute atomic E-state index is 12.8. The Hall–Kier alpha value is -2.43. The van der Waals surface area contributed by atoms with Crippen molar-refractivity contribution in [3.05, 3.63) is 33.5 Å². The molecule has 0 aliphatic carbocycles. The number of likely N-dealkylation sites (tertiary alicyclic amines) is 1. The molecule has 0 unspecified atom stereocenters. The Morgan fingerprint density at radius 2 is 2.07 bits per heavy atom. The fourth-order valence-electron chi connectivity index (χ4n) is 3.11. The summed E-state index contributed by atoms with van der Waals surface area (Å²) in [6.45, 7) is 3.98. The van der Waals surface area contributed by atoms with Crippen LogP contribution in [0.2, 0.25) is 0 Å². The van der Waals surface area contributed by atoms with Gasteiger partial charge in [0.05, 0.1) is 10.7 Å². The molecule has 0 radical (unpaired) electrons. The zero-order valence-corrected chi connectivity index (χ0v) is 16.2. The van der Waals surface area contributed by atoms with Crippen molar-refractivity contribution in [3.63, 3.8) is 0 Å². The normalized spacial score (nSPS) is 16.6. The van der Waals surface area contributed by atoms with Crippen LogP contribution >= 0.6 is 11.3 Å². The minimum absolute atomic E-state index is 0.206. The second-order valence-electron chi connectivity index (χ2n) is 6.74. The molecule has 7 nitrogen and oxygen atoms in total. The van der Waals surface area contributed by atoms with Crippen molar-refractivity contribution < 1.29 is 23.2 Å². The van der Waals surface area contributed by atoms with Gasteiger partial charge in [-0.15, -0.1) is 11.3 Å². The van der Waals surface area contributed by atoms with E-state index in [1.165, 1.54) is 18.3 Å². The predicted molar refractivity (Wildman–Crippen MR) is 96.6 cm³/mol. The van der Waals surface area contributed by atoms with E-state index in [0.717, 1.165) is 28.6 Å². The maximum atomic E-state index is 12.8. The molecule has 1 saturated heterocycles. The molecule has 0 spiro atoms. The summed E-state index contributed by atoms with van der Waals surface area (Å²) in [6.07, 6.45) is -3.08. The monoisotopic (exact) mass is 415 g/mol. The van der Waals surface area contributed by atoms with Crippen LogP contribution in [0.15, 0.2) is 16.6 Å². The molecular weight excluding hydrogens is 395 g/mol. The zero-order chi connectivity index (χ0) is 20.5. The van der Waals surface area contributed by atoms with Crippen LogP contribution in [-0.2, 0) is 17.5 Å². The number of aryl methyl sites for hydroxylation is 1. The molecule has 0 saturated carbocycles. The highest BCUT2D eigenvalue weighted by atomic mass is 32.1. The molecule has 3 rings (SSSR count). The van der Waals surface area contributed by atoms with E-state index in [9.17, 15) is 18.0 Å². The van der Waals surface area contributed by atoms with Crippen molar-refractivity contribution in [2.24, 2.45) is 5.16 Å². The zero-order valence-electron chi connectivity index (χ0n) is 15.4. The quantitative estimate of drug-likeness (QED) is 0.472. The van der Waals surface area contributed by atoms with Crippen LogP contribution in [0.3, 0.4) is 0 Å². The largest absolute Gasteiger partial charge is 0.435 e. The minimum atomic E-state index is -4.52. The molecule has 2 aromatic rings. The van der Waals surface area contributed by atoms with E-state index in [1.807, 2.05) is 5.38 Å². The second-order valence-corrected chi connectivity index (χ2v) is 7.63. The van der Waals surface area contributed by atoms with Crippen molar-refractivity contribution in [3.8, 4) is 0 Å². The summed E-state index contributed by atoms with van der Waals surface area (Å²) < 4.78 is 39.4. The minimum Gasteiger partial charge on any atom is -0.411 e. The molecule has 1 fully saturated rings. The lowest BCUT2D eigenvalue weighted by Gasteiger charge is -2.31. The summed E-state index contributed by atoms with van der Waals surface area (Å²) in [5, 5.41) is 18.3. The van der Waals surface area contributed by atoms with Gasteiger partial charge in [0.2, 0.25) is 5.91 Å². The van der Waals surface area contributed by atoms with E-state index >= 15 is 0 Å². The first-order chi connectivity index (χ1) is 13.2. The lowest BCUT2D eigenvalue weighted by molar-refractivity contribution is -0.142. The number of thiazole rings is 1. The summed E-state index contributed by atoms with van der Waals surface area (Å²) in [7, 11) is 0. The average molecular weight is 415 g/mol. The Balaban J connectivity index is 1.58. The standard InChI is InChI=1S/C17H20F3N5O2S/c1-10-7-14(17(18,19)20)22-25(10)8-15(26)24-5-3-12(4-6-24)16-21-13(9-28-16)11(2)23-27/h7,9,12,27H,3-6,8H2,1-2H3. The van der Waals surface area contributed by atoms with Crippen LogP contribution in [0.4, 0.5) is 13.2 Å². The van der Waals surface area contributed by atoms with Crippen LogP contribution in [0.25, 0.3) is 0 Å². The second kappa shape index (κ2) is 7.90. The van der Waals surface area contributed by atoms with Gasteiger partial charge in [0.1, 0.15) is 12.3 Å². The first kappa shape index (κ1) is 20.3. The SMILES string of the molecule is CC(=NO)c1csc(C2CCN(C(=O)Cn3nc(C(F)(F)F)cc3C)CC2)n1. The number of rotatable bonds is 4. The molecule has 1 N–H and O–H groups in total. The fourth-order valence-corrected chi connectivity index (χ4v) is 4.14. The number of carbonyl (C=O) groups excluding carboxylic acids is 1. The third-order valence-electron chi connectivity index (χ3n) is 4.80. The molecule has 0 aromatic carbocycles. The number of alkyl halides is 3. The molecule has 11 heteroatoms. The van der Waals surface area contributed by atoms with Crippen LogP contribution in [0.5, 0.6) is 0 Å². The van der Waals surface area contributed by atoms with Crippen LogP contribution < -0.4 is 0 Å². The molecule has 1 amide bonds. The molecule has 152 valence electrons. The lowest BCUT2D eigenvalue weighted by Crippen LogP contribution is -2.40.